The number of aliphatic hydroxyl groups is 9. The maximum atomic E-state index is 11.9. The van der Waals surface area contributed by atoms with E-state index in [1.54, 1.807) is 0 Å². The number of rotatable bonds is 7. The van der Waals surface area contributed by atoms with E-state index in [-0.39, 0.29) is 0 Å². The topological polar surface area (TPSA) is 257 Å². The minimum Gasteiger partial charge on any atom is -0.394 e. The first kappa shape index (κ1) is 29.5. The summed E-state index contributed by atoms with van der Waals surface area (Å²) in [6.07, 6.45) is -21.8. The summed E-state index contributed by atoms with van der Waals surface area (Å²) in [6, 6.07) is -1.42. The molecule has 3 aliphatic heterocycles. The standard InChI is InChI=1S/C20H35NO15/c1-5-10(25)17(15(30)18(31)32-5)36-19-9(21-6(2)24)12(27)16(8(4-23)34-19)35-20-14(29)13(28)11(26)7(3-22)33-20/h5,7-20,22-23,25-31H,3-4H2,1-2H3,(H,21,24)/t5-,7+,8+,9+,10+,11-,12+,13-,14+,15-,16+,17+,18+,19-,20-/m0/s1. The molecule has 0 spiro atoms. The minimum absolute atomic E-state index is 0.647. The second kappa shape index (κ2) is 12.2. The highest BCUT2D eigenvalue weighted by molar-refractivity contribution is 5.73. The van der Waals surface area contributed by atoms with Gasteiger partial charge in [0.1, 0.15) is 67.1 Å². The summed E-state index contributed by atoms with van der Waals surface area (Å²) in [4.78, 5) is 11.9. The Balaban J connectivity index is 1.82. The second-order valence-corrected chi connectivity index (χ2v) is 9.05. The van der Waals surface area contributed by atoms with E-state index in [9.17, 15) is 50.8 Å². The fraction of sp³-hybridized carbons (Fsp3) is 0.950. The van der Waals surface area contributed by atoms with E-state index in [4.69, 9.17) is 23.7 Å². The Morgan fingerprint density at radius 2 is 1.31 bits per heavy atom. The number of aliphatic hydroxyl groups excluding tert-OH is 9. The van der Waals surface area contributed by atoms with Crippen LogP contribution in [0.3, 0.4) is 0 Å². The smallest absolute Gasteiger partial charge is 0.217 e. The van der Waals surface area contributed by atoms with E-state index in [2.05, 4.69) is 5.32 Å². The molecule has 0 saturated carbocycles. The third kappa shape index (κ3) is 5.97. The largest absolute Gasteiger partial charge is 0.394 e. The van der Waals surface area contributed by atoms with Crippen LogP contribution in [0.4, 0.5) is 0 Å². The molecule has 16 heteroatoms. The molecule has 15 atom stereocenters. The lowest BCUT2D eigenvalue weighted by Gasteiger charge is -2.48. The van der Waals surface area contributed by atoms with Crippen molar-refractivity contribution < 1.29 is 74.4 Å². The Kier molecular flexibility index (Phi) is 9.97. The van der Waals surface area contributed by atoms with E-state index in [1.807, 2.05) is 0 Å². The zero-order valence-electron chi connectivity index (χ0n) is 19.5. The summed E-state index contributed by atoms with van der Waals surface area (Å²) in [7, 11) is 0. The predicted octanol–water partition coefficient (Wildman–Crippen LogP) is -6.40. The maximum absolute atomic E-state index is 11.9. The van der Waals surface area contributed by atoms with Crippen molar-refractivity contribution in [3.05, 3.63) is 0 Å². The molecule has 3 rings (SSSR count). The fourth-order valence-electron chi connectivity index (χ4n) is 4.40. The maximum Gasteiger partial charge on any atom is 0.217 e. The Morgan fingerprint density at radius 3 is 1.89 bits per heavy atom. The van der Waals surface area contributed by atoms with E-state index in [0.29, 0.717) is 0 Å². The van der Waals surface area contributed by atoms with Gasteiger partial charge in [-0.15, -0.1) is 0 Å². The van der Waals surface area contributed by atoms with E-state index in [1.165, 1.54) is 6.92 Å². The number of nitrogens with one attached hydrogen (secondary N) is 1. The molecule has 0 unspecified atom stereocenters. The number of carbonyl (C=O) groups is 1. The van der Waals surface area contributed by atoms with Gasteiger partial charge < -0.3 is 75.0 Å². The molecule has 0 aliphatic carbocycles. The van der Waals surface area contributed by atoms with Crippen molar-refractivity contribution in [1.82, 2.24) is 5.32 Å². The van der Waals surface area contributed by atoms with Crippen molar-refractivity contribution in [3.8, 4) is 0 Å². The summed E-state index contributed by atoms with van der Waals surface area (Å²) in [5, 5.41) is 93.5. The van der Waals surface area contributed by atoms with Gasteiger partial charge >= 0.3 is 0 Å². The van der Waals surface area contributed by atoms with Crippen molar-refractivity contribution >= 4 is 5.91 Å². The van der Waals surface area contributed by atoms with E-state index < -0.39 is 111 Å². The van der Waals surface area contributed by atoms with Gasteiger partial charge in [0, 0.05) is 6.92 Å². The lowest BCUT2D eigenvalue weighted by Crippen LogP contribution is -2.69. The van der Waals surface area contributed by atoms with Crippen LogP contribution in [0, 0.1) is 0 Å². The molecule has 3 heterocycles. The SMILES string of the molecule is CC(=O)N[C@H]1[C@H](O[C@@H]2[C@H](O)[C@H](C)O[C@@H](O)[C@H]2O)O[C@H](CO)[C@@H](O[C@@H]2O[C@H](CO)[C@H](O)[C@H](O)[C@H]2O)[C@@H]1O. The number of carbonyl (C=O) groups excluding carboxylic acids is 1. The van der Waals surface area contributed by atoms with Crippen molar-refractivity contribution in [2.45, 2.75) is 106 Å². The highest BCUT2D eigenvalue weighted by atomic mass is 16.7. The Labute approximate surface area is 205 Å². The lowest BCUT2D eigenvalue weighted by atomic mass is 9.94. The molecule has 0 radical (unpaired) electrons. The van der Waals surface area contributed by atoms with Crippen LogP contribution < -0.4 is 5.32 Å². The van der Waals surface area contributed by atoms with Crippen LogP contribution in [-0.2, 0) is 28.5 Å². The third-order valence-corrected chi connectivity index (χ3v) is 6.45. The molecule has 3 saturated heterocycles. The van der Waals surface area contributed by atoms with Crippen molar-refractivity contribution in [1.29, 1.82) is 0 Å². The van der Waals surface area contributed by atoms with Gasteiger partial charge in [-0.05, 0) is 6.92 Å². The Bertz CT molecular complexity index is 715. The second-order valence-electron chi connectivity index (χ2n) is 9.05. The van der Waals surface area contributed by atoms with Crippen LogP contribution in [0.25, 0.3) is 0 Å². The molecule has 16 nitrogen and oxygen atoms in total. The average Bonchev–Trinajstić information content (AvgIpc) is 2.83. The van der Waals surface area contributed by atoms with Crippen LogP contribution in [0.15, 0.2) is 0 Å². The quantitative estimate of drug-likeness (QED) is 0.147. The molecule has 210 valence electrons. The number of amides is 1. The van der Waals surface area contributed by atoms with Gasteiger partial charge in [-0.2, -0.15) is 0 Å². The minimum atomic E-state index is -1.82. The lowest BCUT2D eigenvalue weighted by molar-refractivity contribution is -0.364. The van der Waals surface area contributed by atoms with Gasteiger partial charge in [-0.1, -0.05) is 0 Å². The molecule has 0 aromatic rings. The van der Waals surface area contributed by atoms with Gasteiger partial charge in [-0.25, -0.2) is 0 Å². The molecule has 3 fully saturated rings. The first-order chi connectivity index (χ1) is 16.9. The van der Waals surface area contributed by atoms with Crippen LogP contribution >= 0.6 is 0 Å². The number of hydrogen-bond donors (Lipinski definition) is 10. The summed E-state index contributed by atoms with van der Waals surface area (Å²) in [5.41, 5.74) is 0. The molecule has 0 aromatic heterocycles. The molecule has 0 bridgehead atoms. The molecular weight excluding hydrogens is 494 g/mol. The van der Waals surface area contributed by atoms with Gasteiger partial charge in [0.25, 0.3) is 0 Å². The fourth-order valence-corrected chi connectivity index (χ4v) is 4.40. The normalized spacial score (nSPS) is 50.0. The van der Waals surface area contributed by atoms with Crippen LogP contribution in [0.2, 0.25) is 0 Å². The average molecular weight is 529 g/mol. The van der Waals surface area contributed by atoms with Crippen molar-refractivity contribution in [2.24, 2.45) is 0 Å². The number of hydrogen-bond acceptors (Lipinski definition) is 15. The highest BCUT2D eigenvalue weighted by Gasteiger charge is 2.53. The number of ether oxygens (including phenoxy) is 5. The van der Waals surface area contributed by atoms with Crippen LogP contribution in [0.5, 0.6) is 0 Å². The van der Waals surface area contributed by atoms with Gasteiger partial charge in [0.05, 0.1) is 19.3 Å². The third-order valence-electron chi connectivity index (χ3n) is 6.45. The van der Waals surface area contributed by atoms with E-state index >= 15 is 0 Å². The monoisotopic (exact) mass is 529 g/mol. The van der Waals surface area contributed by atoms with Crippen molar-refractivity contribution in [2.75, 3.05) is 13.2 Å². The van der Waals surface area contributed by atoms with Crippen molar-refractivity contribution in [3.63, 3.8) is 0 Å². The molecule has 1 amide bonds. The zero-order chi connectivity index (χ0) is 26.9. The van der Waals surface area contributed by atoms with E-state index in [0.717, 1.165) is 6.92 Å². The Morgan fingerprint density at radius 1 is 0.722 bits per heavy atom. The summed E-state index contributed by atoms with van der Waals surface area (Å²) < 4.78 is 27.2. The van der Waals surface area contributed by atoms with Gasteiger partial charge in [0.2, 0.25) is 5.91 Å². The molecule has 10 N–H and O–H groups in total. The first-order valence-electron chi connectivity index (χ1n) is 11.4. The molecule has 36 heavy (non-hydrogen) atoms. The zero-order valence-corrected chi connectivity index (χ0v) is 19.5. The van der Waals surface area contributed by atoms with Crippen LogP contribution in [-0.4, -0.2) is 157 Å². The predicted molar refractivity (Wildman–Crippen MR) is 111 cm³/mol. The summed E-state index contributed by atoms with van der Waals surface area (Å²) >= 11 is 0. The summed E-state index contributed by atoms with van der Waals surface area (Å²) in [6.45, 7) is 1.02. The molecule has 3 aliphatic rings. The van der Waals surface area contributed by atoms with Crippen LogP contribution in [0.1, 0.15) is 13.8 Å². The van der Waals surface area contributed by atoms with Gasteiger partial charge in [-0.3, -0.25) is 4.79 Å². The Hall–Kier alpha value is -1.09. The highest BCUT2D eigenvalue weighted by Crippen LogP contribution is 2.32. The van der Waals surface area contributed by atoms with Gasteiger partial charge in [0.15, 0.2) is 18.9 Å². The molecule has 0 aromatic carbocycles. The summed E-state index contributed by atoms with van der Waals surface area (Å²) in [5.74, 6) is -0.647. The first-order valence-corrected chi connectivity index (χ1v) is 11.4. The molecular formula is C20H35NO15.